The van der Waals surface area contributed by atoms with E-state index < -0.39 is 0 Å². The van der Waals surface area contributed by atoms with Crippen LogP contribution in [-0.4, -0.2) is 82.1 Å². The first-order valence-electron chi connectivity index (χ1n) is 8.10. The van der Waals surface area contributed by atoms with Crippen LogP contribution in [0.2, 0.25) is 0 Å². The summed E-state index contributed by atoms with van der Waals surface area (Å²) < 4.78 is 1.40. The van der Waals surface area contributed by atoms with Crippen LogP contribution in [0.1, 0.15) is 10.4 Å². The maximum absolute atomic E-state index is 12.6. The van der Waals surface area contributed by atoms with Gasteiger partial charge in [0.15, 0.2) is 0 Å². The number of carbonyl (C=O) groups excluding carboxylic acids is 2. The molecule has 2 amide bonds. The number of hydrogen-bond donors (Lipinski definition) is 0. The second-order valence-electron chi connectivity index (χ2n) is 6.12. The van der Waals surface area contributed by atoms with Crippen LogP contribution in [0.3, 0.4) is 0 Å². The van der Waals surface area contributed by atoms with Crippen LogP contribution in [0, 0.1) is 0 Å². The predicted molar refractivity (Wildman–Crippen MR) is 91.1 cm³/mol. The van der Waals surface area contributed by atoms with E-state index in [1.54, 1.807) is 9.80 Å². The van der Waals surface area contributed by atoms with Gasteiger partial charge in [-0.3, -0.25) is 9.59 Å². The van der Waals surface area contributed by atoms with E-state index in [0.717, 1.165) is 5.69 Å². The molecule has 9 heteroatoms. The van der Waals surface area contributed by atoms with Crippen LogP contribution in [0.15, 0.2) is 30.6 Å². The van der Waals surface area contributed by atoms with Crippen molar-refractivity contribution in [1.82, 2.24) is 30.0 Å². The Bertz CT molecular complexity index is 719. The van der Waals surface area contributed by atoms with E-state index in [2.05, 4.69) is 15.5 Å². The topological polar surface area (TPSA) is 87.5 Å². The summed E-state index contributed by atoms with van der Waals surface area (Å²) >= 11 is 0. The summed E-state index contributed by atoms with van der Waals surface area (Å²) in [5.41, 5.74) is 1.72. The molecule has 1 fully saturated rings. The van der Waals surface area contributed by atoms with Gasteiger partial charge in [0.25, 0.3) is 5.91 Å². The summed E-state index contributed by atoms with van der Waals surface area (Å²) in [4.78, 5) is 30.3. The summed E-state index contributed by atoms with van der Waals surface area (Å²) in [6, 6.07) is 7.54. The molecule has 0 radical (unpaired) electrons. The minimum atomic E-state index is -0.0465. The zero-order chi connectivity index (χ0) is 17.8. The van der Waals surface area contributed by atoms with Gasteiger partial charge in [0.05, 0.1) is 0 Å². The molecule has 1 aromatic carbocycles. The van der Waals surface area contributed by atoms with Crippen molar-refractivity contribution in [3.05, 3.63) is 36.2 Å². The quantitative estimate of drug-likeness (QED) is 0.759. The Morgan fingerprint density at radius 1 is 1.04 bits per heavy atom. The van der Waals surface area contributed by atoms with Crippen molar-refractivity contribution in [3.63, 3.8) is 0 Å². The number of rotatable bonds is 4. The van der Waals surface area contributed by atoms with Crippen molar-refractivity contribution in [2.45, 2.75) is 6.54 Å². The Kier molecular flexibility index (Phi) is 4.92. The minimum absolute atomic E-state index is 0.00196. The van der Waals surface area contributed by atoms with E-state index in [4.69, 9.17) is 0 Å². The van der Waals surface area contributed by atoms with Gasteiger partial charge in [-0.2, -0.15) is 0 Å². The second kappa shape index (κ2) is 7.29. The molecule has 1 aromatic heterocycles. The number of nitrogens with zero attached hydrogens (tertiary/aromatic N) is 7. The standard InChI is InChI=1S/C16H21N7O2/c1-20(2)14-5-3-13(4-6-14)16(25)22-9-7-21(8-10-22)15(24)11-23-12-17-18-19-23/h3-6,12H,7-11H2,1-2H3. The van der Waals surface area contributed by atoms with E-state index in [-0.39, 0.29) is 18.4 Å². The lowest BCUT2D eigenvalue weighted by Crippen LogP contribution is -2.51. The summed E-state index contributed by atoms with van der Waals surface area (Å²) in [5.74, 6) is -0.0485. The third-order valence-corrected chi connectivity index (χ3v) is 4.24. The maximum Gasteiger partial charge on any atom is 0.253 e. The van der Waals surface area contributed by atoms with Crippen LogP contribution in [0.25, 0.3) is 0 Å². The number of piperazine rings is 1. The average Bonchev–Trinajstić information content (AvgIpc) is 3.14. The Labute approximate surface area is 145 Å². The molecule has 0 spiro atoms. The van der Waals surface area contributed by atoms with Gasteiger partial charge < -0.3 is 14.7 Å². The fourth-order valence-corrected chi connectivity index (χ4v) is 2.73. The molecule has 25 heavy (non-hydrogen) atoms. The van der Waals surface area contributed by atoms with Gasteiger partial charge in [-0.15, -0.1) is 5.10 Å². The number of aromatic nitrogens is 4. The fourth-order valence-electron chi connectivity index (χ4n) is 2.73. The predicted octanol–water partition coefficient (Wildman–Crippen LogP) is -0.276. The molecule has 132 valence electrons. The van der Waals surface area contributed by atoms with E-state index in [9.17, 15) is 9.59 Å². The smallest absolute Gasteiger partial charge is 0.253 e. The largest absolute Gasteiger partial charge is 0.378 e. The maximum atomic E-state index is 12.6. The zero-order valence-electron chi connectivity index (χ0n) is 14.4. The molecular weight excluding hydrogens is 322 g/mol. The number of carbonyl (C=O) groups is 2. The van der Waals surface area contributed by atoms with Gasteiger partial charge in [-0.1, -0.05) is 0 Å². The first-order chi connectivity index (χ1) is 12.0. The molecule has 0 unspecified atom stereocenters. The molecule has 0 bridgehead atoms. The van der Waals surface area contributed by atoms with Crippen molar-refractivity contribution in [2.75, 3.05) is 45.2 Å². The van der Waals surface area contributed by atoms with Crippen molar-refractivity contribution < 1.29 is 9.59 Å². The van der Waals surface area contributed by atoms with Gasteiger partial charge in [-0.25, -0.2) is 4.68 Å². The summed E-state index contributed by atoms with van der Waals surface area (Å²) in [5, 5.41) is 10.7. The number of hydrogen-bond acceptors (Lipinski definition) is 6. The second-order valence-corrected chi connectivity index (χ2v) is 6.12. The number of amides is 2. The zero-order valence-corrected chi connectivity index (χ0v) is 14.4. The normalized spacial score (nSPS) is 14.5. The molecular formula is C16H21N7O2. The van der Waals surface area contributed by atoms with Crippen LogP contribution in [0.4, 0.5) is 5.69 Å². The number of anilines is 1. The fraction of sp³-hybridized carbons (Fsp3) is 0.438. The monoisotopic (exact) mass is 343 g/mol. The van der Waals surface area contributed by atoms with E-state index in [0.29, 0.717) is 31.7 Å². The van der Waals surface area contributed by atoms with Gasteiger partial charge in [0, 0.05) is 51.5 Å². The van der Waals surface area contributed by atoms with Gasteiger partial charge in [0.1, 0.15) is 12.9 Å². The highest BCUT2D eigenvalue weighted by Gasteiger charge is 2.25. The molecule has 1 aliphatic heterocycles. The van der Waals surface area contributed by atoms with Crippen LogP contribution >= 0.6 is 0 Å². The summed E-state index contributed by atoms with van der Waals surface area (Å²) in [6.45, 7) is 2.20. The van der Waals surface area contributed by atoms with Crippen LogP contribution in [-0.2, 0) is 11.3 Å². The SMILES string of the molecule is CN(C)c1ccc(C(=O)N2CCN(C(=O)Cn3cnnn3)CC2)cc1. The highest BCUT2D eigenvalue weighted by atomic mass is 16.2. The molecule has 2 aromatic rings. The van der Waals surface area contributed by atoms with Crippen molar-refractivity contribution in [2.24, 2.45) is 0 Å². The van der Waals surface area contributed by atoms with Crippen molar-refractivity contribution >= 4 is 17.5 Å². The number of benzene rings is 1. The minimum Gasteiger partial charge on any atom is -0.378 e. The lowest BCUT2D eigenvalue weighted by atomic mass is 10.1. The van der Waals surface area contributed by atoms with E-state index in [1.807, 2.05) is 43.3 Å². The first-order valence-corrected chi connectivity index (χ1v) is 8.10. The number of tetrazole rings is 1. The lowest BCUT2D eigenvalue weighted by molar-refractivity contribution is -0.133. The molecule has 9 nitrogen and oxygen atoms in total. The Hall–Kier alpha value is -2.97. The Morgan fingerprint density at radius 3 is 2.24 bits per heavy atom. The molecule has 3 rings (SSSR count). The highest BCUT2D eigenvalue weighted by Crippen LogP contribution is 2.15. The molecule has 0 atom stereocenters. The first kappa shape index (κ1) is 16.9. The molecule has 0 N–H and O–H groups in total. The molecule has 2 heterocycles. The molecule has 0 saturated carbocycles. The summed E-state index contributed by atoms with van der Waals surface area (Å²) in [6.07, 6.45) is 1.41. The third kappa shape index (κ3) is 3.93. The van der Waals surface area contributed by atoms with Gasteiger partial charge in [0.2, 0.25) is 5.91 Å². The molecule has 1 aliphatic rings. The average molecular weight is 343 g/mol. The molecule has 1 saturated heterocycles. The van der Waals surface area contributed by atoms with E-state index in [1.165, 1.54) is 11.0 Å². The Balaban J connectivity index is 1.54. The lowest BCUT2D eigenvalue weighted by Gasteiger charge is -2.34. The Morgan fingerprint density at radius 2 is 1.68 bits per heavy atom. The third-order valence-electron chi connectivity index (χ3n) is 4.24. The van der Waals surface area contributed by atoms with E-state index >= 15 is 0 Å². The van der Waals surface area contributed by atoms with Crippen LogP contribution < -0.4 is 4.90 Å². The summed E-state index contributed by atoms with van der Waals surface area (Å²) in [7, 11) is 3.92. The molecule has 0 aliphatic carbocycles. The highest BCUT2D eigenvalue weighted by molar-refractivity contribution is 5.94. The van der Waals surface area contributed by atoms with Gasteiger partial charge in [-0.05, 0) is 34.7 Å². The van der Waals surface area contributed by atoms with Gasteiger partial charge >= 0.3 is 0 Å². The van der Waals surface area contributed by atoms with Crippen LogP contribution in [0.5, 0.6) is 0 Å². The van der Waals surface area contributed by atoms with Crippen molar-refractivity contribution in [1.29, 1.82) is 0 Å². The van der Waals surface area contributed by atoms with Crippen molar-refractivity contribution in [3.8, 4) is 0 Å².